The predicted octanol–water partition coefficient (Wildman–Crippen LogP) is 4.43. The van der Waals surface area contributed by atoms with Crippen molar-refractivity contribution in [2.24, 2.45) is 0 Å². The third-order valence-electron chi connectivity index (χ3n) is 1.61. The Hall–Kier alpha value is -1.37. The molecule has 0 spiro atoms. The van der Waals surface area contributed by atoms with Gasteiger partial charge < -0.3 is 4.79 Å². The Bertz CT molecular complexity index is 262. The summed E-state index contributed by atoms with van der Waals surface area (Å²) in [7, 11) is 0. The van der Waals surface area contributed by atoms with E-state index in [4.69, 9.17) is 0 Å². The number of aryl methyl sites for hydroxylation is 1. The second-order valence-corrected chi connectivity index (χ2v) is 3.10. The van der Waals surface area contributed by atoms with E-state index in [0.717, 1.165) is 6.42 Å². The summed E-state index contributed by atoms with van der Waals surface area (Å²) >= 11 is 0. The highest BCUT2D eigenvalue weighted by Gasteiger charge is 1.94. The second kappa shape index (κ2) is 13.6. The van der Waals surface area contributed by atoms with Crippen LogP contribution in [0.1, 0.15) is 39.7 Å². The molecule has 0 atom stereocenters. The molecule has 90 valence electrons. The van der Waals surface area contributed by atoms with Gasteiger partial charge in [-0.15, -0.1) is 6.58 Å². The van der Waals surface area contributed by atoms with Crippen LogP contribution >= 0.6 is 0 Å². The Morgan fingerprint density at radius 3 is 2.06 bits per heavy atom. The van der Waals surface area contributed by atoms with Gasteiger partial charge in [-0.25, -0.2) is 0 Å². The first kappa shape index (κ1) is 17.0. The molecular formula is C15H24O. The summed E-state index contributed by atoms with van der Waals surface area (Å²) in [6.07, 6.45) is 3.28. The van der Waals surface area contributed by atoms with Crippen LogP contribution < -0.4 is 0 Å². The maximum absolute atomic E-state index is 10.6. The molecule has 1 aromatic carbocycles. The van der Waals surface area contributed by atoms with Gasteiger partial charge >= 0.3 is 0 Å². The van der Waals surface area contributed by atoms with Crippen LogP contribution in [0.4, 0.5) is 0 Å². The van der Waals surface area contributed by atoms with Crippen molar-refractivity contribution in [1.29, 1.82) is 0 Å². The predicted molar refractivity (Wildman–Crippen MR) is 72.7 cm³/mol. The highest BCUT2D eigenvalue weighted by molar-refractivity contribution is 5.75. The summed E-state index contributed by atoms with van der Waals surface area (Å²) in [4.78, 5) is 10.6. The lowest BCUT2D eigenvalue weighted by molar-refractivity contribution is -0.116. The summed E-state index contributed by atoms with van der Waals surface area (Å²) < 4.78 is 0. The Morgan fingerprint density at radius 2 is 1.69 bits per heavy atom. The third-order valence-corrected chi connectivity index (χ3v) is 1.61. The number of Topliss-reactive ketones (excluding diaryl/α,β-unsaturated/α-hetero) is 1. The number of carbonyl (C=O) groups is 1. The smallest absolute Gasteiger partial charge is 0.130 e. The number of ketones is 1. The molecule has 0 unspecified atom stereocenters. The highest BCUT2D eigenvalue weighted by Crippen LogP contribution is 2.01. The number of benzene rings is 1. The van der Waals surface area contributed by atoms with Crippen molar-refractivity contribution in [2.75, 3.05) is 0 Å². The van der Waals surface area contributed by atoms with E-state index in [0.29, 0.717) is 6.42 Å². The van der Waals surface area contributed by atoms with Gasteiger partial charge in [0, 0.05) is 6.42 Å². The van der Waals surface area contributed by atoms with Gasteiger partial charge in [0.15, 0.2) is 0 Å². The van der Waals surface area contributed by atoms with Crippen molar-refractivity contribution in [1.82, 2.24) is 0 Å². The zero-order valence-electron chi connectivity index (χ0n) is 11.0. The minimum Gasteiger partial charge on any atom is -0.300 e. The first-order valence-electron chi connectivity index (χ1n) is 5.81. The monoisotopic (exact) mass is 220 g/mol. The number of allylic oxidation sites excluding steroid dienone is 1. The first-order chi connectivity index (χ1) is 7.70. The van der Waals surface area contributed by atoms with Crippen LogP contribution in [0.3, 0.4) is 0 Å². The van der Waals surface area contributed by atoms with E-state index in [-0.39, 0.29) is 5.78 Å². The maximum Gasteiger partial charge on any atom is 0.130 e. The molecule has 0 aromatic heterocycles. The van der Waals surface area contributed by atoms with Gasteiger partial charge in [0.1, 0.15) is 5.78 Å². The molecule has 16 heavy (non-hydrogen) atoms. The van der Waals surface area contributed by atoms with Crippen LogP contribution in [-0.4, -0.2) is 5.78 Å². The van der Waals surface area contributed by atoms with E-state index < -0.39 is 0 Å². The Morgan fingerprint density at radius 1 is 1.25 bits per heavy atom. The topological polar surface area (TPSA) is 17.1 Å². The summed E-state index contributed by atoms with van der Waals surface area (Å²) in [6, 6.07) is 10.1. The number of carbonyl (C=O) groups excluding carboxylic acids is 1. The van der Waals surface area contributed by atoms with Gasteiger partial charge in [-0.2, -0.15) is 0 Å². The van der Waals surface area contributed by atoms with Crippen molar-refractivity contribution in [2.45, 2.75) is 40.5 Å². The van der Waals surface area contributed by atoms with Gasteiger partial charge in [-0.3, -0.25) is 0 Å². The lowest BCUT2D eigenvalue weighted by atomic mass is 10.1. The SMILES string of the molecule is C=CC.CC.CC(=O)CCc1ccccc1. The van der Waals surface area contributed by atoms with E-state index in [1.54, 1.807) is 13.0 Å². The Labute approximate surface area is 100 Å². The van der Waals surface area contributed by atoms with Crippen molar-refractivity contribution in [3.8, 4) is 0 Å². The molecule has 0 saturated carbocycles. The van der Waals surface area contributed by atoms with Crippen LogP contribution in [-0.2, 0) is 11.2 Å². The number of rotatable bonds is 3. The molecule has 1 heteroatoms. The molecule has 0 aliphatic heterocycles. The average molecular weight is 220 g/mol. The van der Waals surface area contributed by atoms with Crippen LogP contribution in [0.25, 0.3) is 0 Å². The largest absolute Gasteiger partial charge is 0.300 e. The van der Waals surface area contributed by atoms with Crippen LogP contribution in [0.15, 0.2) is 43.0 Å². The van der Waals surface area contributed by atoms with E-state index in [9.17, 15) is 4.79 Å². The normalized spacial score (nSPS) is 7.75. The summed E-state index contributed by atoms with van der Waals surface area (Å²) in [5.74, 6) is 0.258. The molecule has 0 fully saturated rings. The molecule has 0 amide bonds. The highest BCUT2D eigenvalue weighted by atomic mass is 16.1. The van der Waals surface area contributed by atoms with E-state index >= 15 is 0 Å². The van der Waals surface area contributed by atoms with E-state index in [1.807, 2.05) is 51.1 Å². The number of hydrogen-bond donors (Lipinski definition) is 0. The fourth-order valence-electron chi connectivity index (χ4n) is 0.965. The quantitative estimate of drug-likeness (QED) is 0.689. The zero-order valence-corrected chi connectivity index (χ0v) is 11.0. The molecule has 0 radical (unpaired) electrons. The third kappa shape index (κ3) is 12.6. The molecule has 0 heterocycles. The van der Waals surface area contributed by atoms with Gasteiger partial charge in [-0.1, -0.05) is 50.3 Å². The van der Waals surface area contributed by atoms with E-state index in [1.165, 1.54) is 5.56 Å². The van der Waals surface area contributed by atoms with Crippen LogP contribution in [0.5, 0.6) is 0 Å². The fraction of sp³-hybridized carbons (Fsp3) is 0.400. The van der Waals surface area contributed by atoms with Gasteiger partial charge in [0.2, 0.25) is 0 Å². The molecule has 1 aromatic rings. The molecular weight excluding hydrogens is 196 g/mol. The van der Waals surface area contributed by atoms with Crippen molar-refractivity contribution in [3.63, 3.8) is 0 Å². The number of hydrogen-bond acceptors (Lipinski definition) is 1. The van der Waals surface area contributed by atoms with Crippen LogP contribution in [0.2, 0.25) is 0 Å². The average Bonchev–Trinajstić information content (AvgIpc) is 2.31. The minimum absolute atomic E-state index is 0.258. The van der Waals surface area contributed by atoms with Crippen molar-refractivity contribution < 1.29 is 4.79 Å². The molecule has 1 rings (SSSR count). The van der Waals surface area contributed by atoms with Crippen LogP contribution in [0, 0.1) is 0 Å². The van der Waals surface area contributed by atoms with Gasteiger partial charge in [-0.05, 0) is 25.8 Å². The molecule has 0 N–H and O–H groups in total. The lowest BCUT2D eigenvalue weighted by Gasteiger charge is -1.96. The fourth-order valence-corrected chi connectivity index (χ4v) is 0.965. The molecule has 0 aliphatic carbocycles. The molecule has 0 aliphatic rings. The van der Waals surface area contributed by atoms with Gasteiger partial charge in [0.25, 0.3) is 0 Å². The summed E-state index contributed by atoms with van der Waals surface area (Å²) in [5.41, 5.74) is 1.24. The molecule has 0 bridgehead atoms. The maximum atomic E-state index is 10.6. The summed E-state index contributed by atoms with van der Waals surface area (Å²) in [6.45, 7) is 10.9. The zero-order chi connectivity index (χ0) is 12.8. The van der Waals surface area contributed by atoms with Crippen molar-refractivity contribution in [3.05, 3.63) is 48.6 Å². The Kier molecular flexibility index (Phi) is 14.5. The van der Waals surface area contributed by atoms with Crippen molar-refractivity contribution >= 4 is 5.78 Å². The Balaban J connectivity index is 0. The van der Waals surface area contributed by atoms with E-state index in [2.05, 4.69) is 6.58 Å². The standard InChI is InChI=1S/C10H12O.C3H6.C2H6/c1-9(11)7-8-10-5-3-2-4-6-10;1-3-2;1-2/h2-6H,7-8H2,1H3;3H,1H2,2H3;1-2H3. The summed E-state index contributed by atoms with van der Waals surface area (Å²) in [5, 5.41) is 0. The van der Waals surface area contributed by atoms with Gasteiger partial charge in [0.05, 0.1) is 0 Å². The molecule has 0 saturated heterocycles. The second-order valence-electron chi connectivity index (χ2n) is 3.10. The molecule has 1 nitrogen and oxygen atoms in total. The lowest BCUT2D eigenvalue weighted by Crippen LogP contribution is -1.92. The first-order valence-corrected chi connectivity index (χ1v) is 5.81. The minimum atomic E-state index is 0.258.